The first-order valence-corrected chi connectivity index (χ1v) is 14.0. The van der Waals surface area contributed by atoms with Gasteiger partial charge < -0.3 is 14.5 Å². The molecule has 6 aromatic rings. The van der Waals surface area contributed by atoms with Crippen molar-refractivity contribution in [1.82, 2.24) is 29.9 Å². The highest BCUT2D eigenvalue weighted by Gasteiger charge is 2.14. The van der Waals surface area contributed by atoms with Gasteiger partial charge in [0, 0.05) is 37.2 Å². The molecule has 0 unspecified atom stereocenters. The van der Waals surface area contributed by atoms with Gasteiger partial charge in [-0.15, -0.1) is 0 Å². The standard InChI is InChI=1S/C34H30N8O/c1-5-17-35-31(9-1)41(32-10-2-6-18-36-32)23-27-13-15-29(39-21-27)25-43-26-30-16-14-28(22-40-30)24-42(33-11-3-7-19-37-33)34-12-4-8-20-38-34/h1-22H,23-26H2. The highest BCUT2D eigenvalue weighted by molar-refractivity contribution is 5.56. The van der Waals surface area contributed by atoms with E-state index in [4.69, 9.17) is 4.74 Å². The van der Waals surface area contributed by atoms with Gasteiger partial charge in [-0.05, 0) is 71.8 Å². The molecule has 0 saturated carbocycles. The molecule has 6 heterocycles. The maximum absolute atomic E-state index is 5.94. The van der Waals surface area contributed by atoms with Crippen molar-refractivity contribution in [2.24, 2.45) is 0 Å². The van der Waals surface area contributed by atoms with E-state index in [0.717, 1.165) is 45.8 Å². The van der Waals surface area contributed by atoms with Gasteiger partial charge in [-0.25, -0.2) is 19.9 Å². The summed E-state index contributed by atoms with van der Waals surface area (Å²) in [4.78, 5) is 31.4. The van der Waals surface area contributed by atoms with Crippen LogP contribution in [0.5, 0.6) is 0 Å². The van der Waals surface area contributed by atoms with Gasteiger partial charge in [0.05, 0.1) is 37.7 Å². The number of hydrogen-bond acceptors (Lipinski definition) is 9. The van der Waals surface area contributed by atoms with Crippen molar-refractivity contribution in [2.75, 3.05) is 9.80 Å². The predicted octanol–water partition coefficient (Wildman–Crippen LogP) is 6.45. The van der Waals surface area contributed by atoms with Gasteiger partial charge in [-0.3, -0.25) is 9.97 Å². The van der Waals surface area contributed by atoms with Crippen LogP contribution in [-0.2, 0) is 31.0 Å². The van der Waals surface area contributed by atoms with Crippen LogP contribution < -0.4 is 9.80 Å². The second-order valence-electron chi connectivity index (χ2n) is 9.73. The van der Waals surface area contributed by atoms with E-state index in [-0.39, 0.29) is 0 Å². The van der Waals surface area contributed by atoms with Crippen molar-refractivity contribution in [2.45, 2.75) is 26.3 Å². The number of hydrogen-bond donors (Lipinski definition) is 0. The fourth-order valence-electron chi connectivity index (χ4n) is 4.51. The van der Waals surface area contributed by atoms with Crippen LogP contribution in [-0.4, -0.2) is 29.9 Å². The smallest absolute Gasteiger partial charge is 0.134 e. The van der Waals surface area contributed by atoms with Crippen molar-refractivity contribution in [3.05, 3.63) is 157 Å². The van der Waals surface area contributed by atoms with Gasteiger partial charge in [0.25, 0.3) is 0 Å². The van der Waals surface area contributed by atoms with Crippen LogP contribution in [0.1, 0.15) is 22.5 Å². The Hall–Kier alpha value is -5.54. The molecule has 6 aromatic heterocycles. The van der Waals surface area contributed by atoms with E-state index < -0.39 is 0 Å². The van der Waals surface area contributed by atoms with Gasteiger partial charge in [-0.1, -0.05) is 36.4 Å². The van der Waals surface area contributed by atoms with E-state index in [2.05, 4.69) is 51.8 Å². The third-order valence-corrected chi connectivity index (χ3v) is 6.66. The van der Waals surface area contributed by atoms with E-state index in [1.807, 2.05) is 97.3 Å². The summed E-state index contributed by atoms with van der Waals surface area (Å²) in [7, 11) is 0. The summed E-state index contributed by atoms with van der Waals surface area (Å²) in [6.45, 7) is 1.97. The third-order valence-electron chi connectivity index (χ3n) is 6.66. The largest absolute Gasteiger partial charge is 0.369 e. The van der Waals surface area contributed by atoms with Crippen molar-refractivity contribution in [3.8, 4) is 0 Å². The van der Waals surface area contributed by atoms with Crippen LogP contribution in [0.15, 0.2) is 134 Å². The molecule has 0 aliphatic heterocycles. The lowest BCUT2D eigenvalue weighted by Gasteiger charge is -2.22. The molecule has 0 amide bonds. The molecule has 0 aliphatic rings. The molecule has 0 saturated heterocycles. The summed E-state index contributed by atoms with van der Waals surface area (Å²) in [6, 6.07) is 31.5. The normalized spacial score (nSPS) is 10.8. The Bertz CT molecular complexity index is 1470. The number of pyridine rings is 6. The Morgan fingerprint density at radius 1 is 0.419 bits per heavy atom. The average Bonchev–Trinajstić information content (AvgIpc) is 3.09. The molecule has 9 heteroatoms. The molecule has 6 rings (SSSR count). The Morgan fingerprint density at radius 3 is 1.07 bits per heavy atom. The first kappa shape index (κ1) is 27.6. The summed E-state index contributed by atoms with van der Waals surface area (Å²) in [5.41, 5.74) is 3.79. The minimum Gasteiger partial charge on any atom is -0.369 e. The summed E-state index contributed by atoms with van der Waals surface area (Å²) in [6.07, 6.45) is 10.9. The van der Waals surface area contributed by atoms with E-state index in [1.54, 1.807) is 24.8 Å². The molecule has 0 atom stereocenters. The zero-order valence-electron chi connectivity index (χ0n) is 23.5. The zero-order valence-corrected chi connectivity index (χ0v) is 23.5. The predicted molar refractivity (Wildman–Crippen MR) is 166 cm³/mol. The number of nitrogens with zero attached hydrogens (tertiary/aromatic N) is 8. The molecular formula is C34H30N8O. The highest BCUT2D eigenvalue weighted by atomic mass is 16.5. The minimum atomic E-state index is 0.390. The maximum atomic E-state index is 5.94. The molecule has 0 radical (unpaired) electrons. The van der Waals surface area contributed by atoms with Crippen molar-refractivity contribution in [3.63, 3.8) is 0 Å². The highest BCUT2D eigenvalue weighted by Crippen LogP contribution is 2.24. The first-order valence-electron chi connectivity index (χ1n) is 14.0. The van der Waals surface area contributed by atoms with E-state index in [0.29, 0.717) is 26.3 Å². The van der Waals surface area contributed by atoms with Gasteiger partial charge in [-0.2, -0.15) is 0 Å². The molecular weight excluding hydrogens is 536 g/mol. The third kappa shape index (κ3) is 7.41. The minimum absolute atomic E-state index is 0.390. The maximum Gasteiger partial charge on any atom is 0.134 e. The van der Waals surface area contributed by atoms with Crippen molar-refractivity contribution in [1.29, 1.82) is 0 Å². The number of ether oxygens (including phenoxy) is 1. The molecule has 9 nitrogen and oxygen atoms in total. The first-order chi connectivity index (χ1) is 21.3. The van der Waals surface area contributed by atoms with Crippen LogP contribution in [0.2, 0.25) is 0 Å². The molecule has 0 aromatic carbocycles. The van der Waals surface area contributed by atoms with Gasteiger partial charge in [0.2, 0.25) is 0 Å². The molecule has 212 valence electrons. The average molecular weight is 567 g/mol. The van der Waals surface area contributed by atoms with Gasteiger partial charge in [0.1, 0.15) is 23.3 Å². The molecule has 0 aliphatic carbocycles. The molecule has 0 spiro atoms. The SMILES string of the molecule is c1ccc(N(Cc2ccc(COCc3ccc(CN(c4ccccn4)c4ccccn4)cn3)nc2)c2ccccn2)nc1. The topological polar surface area (TPSA) is 93.1 Å². The lowest BCUT2D eigenvalue weighted by Crippen LogP contribution is -2.19. The summed E-state index contributed by atoms with van der Waals surface area (Å²) >= 11 is 0. The Kier molecular flexibility index (Phi) is 8.92. The number of anilines is 4. The van der Waals surface area contributed by atoms with E-state index in [1.165, 1.54) is 0 Å². The van der Waals surface area contributed by atoms with E-state index >= 15 is 0 Å². The summed E-state index contributed by atoms with van der Waals surface area (Å²) in [5.74, 6) is 3.31. The van der Waals surface area contributed by atoms with Crippen molar-refractivity contribution >= 4 is 23.3 Å². The summed E-state index contributed by atoms with van der Waals surface area (Å²) in [5, 5.41) is 0. The second kappa shape index (κ2) is 13.9. The Morgan fingerprint density at radius 2 is 0.791 bits per heavy atom. The lowest BCUT2D eigenvalue weighted by molar-refractivity contribution is 0.102. The second-order valence-corrected chi connectivity index (χ2v) is 9.73. The monoisotopic (exact) mass is 566 g/mol. The van der Waals surface area contributed by atoms with Gasteiger partial charge >= 0.3 is 0 Å². The molecule has 0 N–H and O–H groups in total. The van der Waals surface area contributed by atoms with Gasteiger partial charge in [0.15, 0.2) is 0 Å². The van der Waals surface area contributed by atoms with Crippen molar-refractivity contribution < 1.29 is 4.74 Å². The van der Waals surface area contributed by atoms with Crippen LogP contribution in [0.4, 0.5) is 23.3 Å². The molecule has 0 fully saturated rings. The Balaban J connectivity index is 1.04. The van der Waals surface area contributed by atoms with Crippen LogP contribution in [0.25, 0.3) is 0 Å². The summed E-state index contributed by atoms with van der Waals surface area (Å²) < 4.78 is 5.94. The Labute approximate surface area is 250 Å². The molecule has 0 bridgehead atoms. The lowest BCUT2D eigenvalue weighted by atomic mass is 10.2. The van der Waals surface area contributed by atoms with E-state index in [9.17, 15) is 0 Å². The zero-order chi connectivity index (χ0) is 29.1. The fraction of sp³-hybridized carbons (Fsp3) is 0.118. The number of aromatic nitrogens is 6. The van der Waals surface area contributed by atoms with Crippen LogP contribution >= 0.6 is 0 Å². The number of rotatable bonds is 12. The van der Waals surface area contributed by atoms with Crippen LogP contribution in [0, 0.1) is 0 Å². The van der Waals surface area contributed by atoms with Crippen LogP contribution in [0.3, 0.4) is 0 Å². The fourth-order valence-corrected chi connectivity index (χ4v) is 4.51. The molecule has 43 heavy (non-hydrogen) atoms. The quantitative estimate of drug-likeness (QED) is 0.166.